The third-order valence-electron chi connectivity index (χ3n) is 2.82. The van der Waals surface area contributed by atoms with Gasteiger partial charge in [0.2, 0.25) is 0 Å². The molecule has 4 heteroatoms. The van der Waals surface area contributed by atoms with E-state index in [4.69, 9.17) is 16.7 Å². The van der Waals surface area contributed by atoms with Crippen LogP contribution in [0.1, 0.15) is 28.5 Å². The summed E-state index contributed by atoms with van der Waals surface area (Å²) in [5, 5.41) is 10.3. The average molecular weight is 250 g/mol. The van der Waals surface area contributed by atoms with E-state index in [1.165, 1.54) is 0 Å². The minimum atomic E-state index is -0.957. The average Bonchev–Trinajstić information content (AvgIpc) is 2.29. The second kappa shape index (κ2) is 4.34. The van der Waals surface area contributed by atoms with Gasteiger partial charge < -0.3 is 5.11 Å². The molecule has 0 amide bonds. The number of aryl methyl sites for hydroxylation is 1. The number of carboxylic acids is 1. The topological polar surface area (TPSA) is 50.2 Å². The van der Waals surface area contributed by atoms with Gasteiger partial charge in [-0.15, -0.1) is 0 Å². The Morgan fingerprint density at radius 3 is 2.76 bits per heavy atom. The lowest BCUT2D eigenvalue weighted by atomic mass is 10.1. The number of nitrogens with zero attached hydrogens (tertiary/aromatic N) is 1. The number of aromatic nitrogens is 1. The van der Waals surface area contributed by atoms with Crippen LogP contribution in [-0.4, -0.2) is 16.1 Å². The van der Waals surface area contributed by atoms with Crippen LogP contribution < -0.4 is 0 Å². The number of benzene rings is 1. The van der Waals surface area contributed by atoms with Gasteiger partial charge in [0.25, 0.3) is 0 Å². The van der Waals surface area contributed by atoms with Crippen molar-refractivity contribution in [3.8, 4) is 0 Å². The molecule has 3 nitrogen and oxygen atoms in total. The molecule has 1 aromatic carbocycles. The fourth-order valence-corrected chi connectivity index (χ4v) is 2.34. The second-order valence-electron chi connectivity index (χ2n) is 3.88. The molecule has 88 valence electrons. The quantitative estimate of drug-likeness (QED) is 0.887. The Labute approximate surface area is 104 Å². The van der Waals surface area contributed by atoms with Crippen LogP contribution in [0.2, 0.25) is 5.02 Å². The summed E-state index contributed by atoms with van der Waals surface area (Å²) in [4.78, 5) is 15.3. The summed E-state index contributed by atoms with van der Waals surface area (Å²) in [6.45, 7) is 3.91. The first-order chi connectivity index (χ1) is 8.04. The first-order valence-electron chi connectivity index (χ1n) is 5.36. The van der Waals surface area contributed by atoms with Crippen LogP contribution in [0.3, 0.4) is 0 Å². The van der Waals surface area contributed by atoms with E-state index < -0.39 is 5.97 Å². The molecule has 0 spiro atoms. The highest BCUT2D eigenvalue weighted by atomic mass is 35.5. The lowest BCUT2D eigenvalue weighted by molar-refractivity contribution is 0.0697. The molecule has 1 N–H and O–H groups in total. The molecule has 1 aromatic heterocycles. The fraction of sp³-hybridized carbons (Fsp3) is 0.231. The van der Waals surface area contributed by atoms with Crippen LogP contribution in [0, 0.1) is 6.92 Å². The molecule has 0 unspecified atom stereocenters. The molecular weight excluding hydrogens is 238 g/mol. The van der Waals surface area contributed by atoms with Crippen LogP contribution in [0.25, 0.3) is 10.9 Å². The maximum atomic E-state index is 10.9. The van der Waals surface area contributed by atoms with E-state index in [2.05, 4.69) is 4.98 Å². The van der Waals surface area contributed by atoms with Crippen molar-refractivity contribution in [1.29, 1.82) is 0 Å². The van der Waals surface area contributed by atoms with Crippen LogP contribution in [-0.2, 0) is 6.42 Å². The predicted octanol–water partition coefficient (Wildman–Crippen LogP) is 3.46. The number of carboxylic acid groups (broad SMARTS) is 1. The second-order valence-corrected chi connectivity index (χ2v) is 4.26. The van der Waals surface area contributed by atoms with Crippen molar-refractivity contribution >= 4 is 28.5 Å². The maximum absolute atomic E-state index is 10.9. The van der Waals surface area contributed by atoms with Crippen LogP contribution >= 0.6 is 11.6 Å². The molecule has 0 aliphatic heterocycles. The summed E-state index contributed by atoms with van der Waals surface area (Å²) < 4.78 is 0. The molecular formula is C13H12ClNO2. The third-order valence-corrected chi connectivity index (χ3v) is 3.26. The van der Waals surface area contributed by atoms with E-state index in [1.807, 2.05) is 13.8 Å². The summed E-state index contributed by atoms with van der Waals surface area (Å²) in [6.07, 6.45) is 0.783. The number of aromatic carboxylic acids is 1. The standard InChI is InChI=1S/C13H12ClNO2/c1-3-9-7(2)15-11-5-4-8(13(16)17)6-10(11)12(9)14/h4-6H,3H2,1-2H3,(H,16,17). The molecule has 0 aliphatic rings. The molecule has 0 saturated carbocycles. The van der Waals surface area contributed by atoms with Crippen molar-refractivity contribution in [2.45, 2.75) is 20.3 Å². The van der Waals surface area contributed by atoms with Crippen molar-refractivity contribution in [1.82, 2.24) is 4.98 Å². The van der Waals surface area contributed by atoms with Gasteiger partial charge in [0.1, 0.15) is 0 Å². The van der Waals surface area contributed by atoms with Gasteiger partial charge in [-0.05, 0) is 37.1 Å². The number of hydrogen-bond acceptors (Lipinski definition) is 2. The Hall–Kier alpha value is -1.61. The smallest absolute Gasteiger partial charge is 0.335 e. The summed E-state index contributed by atoms with van der Waals surface area (Å²) in [7, 11) is 0. The molecule has 1 heterocycles. The largest absolute Gasteiger partial charge is 0.478 e. The number of fused-ring (bicyclic) bond motifs is 1. The Bertz CT molecular complexity index is 608. The van der Waals surface area contributed by atoms with Gasteiger partial charge in [0.15, 0.2) is 0 Å². The van der Waals surface area contributed by atoms with Crippen molar-refractivity contribution in [3.05, 3.63) is 40.0 Å². The van der Waals surface area contributed by atoms with Crippen molar-refractivity contribution < 1.29 is 9.90 Å². The van der Waals surface area contributed by atoms with E-state index in [1.54, 1.807) is 18.2 Å². The van der Waals surface area contributed by atoms with E-state index in [9.17, 15) is 4.79 Å². The minimum absolute atomic E-state index is 0.229. The van der Waals surface area contributed by atoms with E-state index in [0.717, 1.165) is 23.2 Å². The Morgan fingerprint density at radius 1 is 1.47 bits per heavy atom. The van der Waals surface area contributed by atoms with E-state index in [-0.39, 0.29) is 5.56 Å². The van der Waals surface area contributed by atoms with Crippen LogP contribution in [0.4, 0.5) is 0 Å². The first-order valence-corrected chi connectivity index (χ1v) is 5.74. The third kappa shape index (κ3) is 1.98. The molecule has 0 fully saturated rings. The summed E-state index contributed by atoms with van der Waals surface area (Å²) in [5.41, 5.74) is 2.83. The lowest BCUT2D eigenvalue weighted by Crippen LogP contribution is -1.98. The van der Waals surface area contributed by atoms with Crippen LogP contribution in [0.15, 0.2) is 18.2 Å². The minimum Gasteiger partial charge on any atom is -0.478 e. The normalized spacial score (nSPS) is 10.8. The summed E-state index contributed by atoms with van der Waals surface area (Å²) in [5.74, 6) is -0.957. The molecule has 17 heavy (non-hydrogen) atoms. The monoisotopic (exact) mass is 249 g/mol. The van der Waals surface area contributed by atoms with Gasteiger partial charge in [0.05, 0.1) is 16.1 Å². The summed E-state index contributed by atoms with van der Waals surface area (Å²) >= 11 is 6.29. The molecule has 2 rings (SSSR count). The fourth-order valence-electron chi connectivity index (χ4n) is 1.92. The van der Waals surface area contributed by atoms with E-state index >= 15 is 0 Å². The number of hydrogen-bond donors (Lipinski definition) is 1. The van der Waals surface area contributed by atoms with Gasteiger partial charge in [-0.1, -0.05) is 18.5 Å². The molecule has 2 aromatic rings. The van der Waals surface area contributed by atoms with Gasteiger partial charge in [-0.25, -0.2) is 4.79 Å². The van der Waals surface area contributed by atoms with Gasteiger partial charge in [-0.3, -0.25) is 4.98 Å². The van der Waals surface area contributed by atoms with Crippen molar-refractivity contribution in [3.63, 3.8) is 0 Å². The lowest BCUT2D eigenvalue weighted by Gasteiger charge is -2.09. The van der Waals surface area contributed by atoms with E-state index in [0.29, 0.717) is 10.4 Å². The highest BCUT2D eigenvalue weighted by Gasteiger charge is 2.11. The molecule has 0 atom stereocenters. The maximum Gasteiger partial charge on any atom is 0.335 e. The van der Waals surface area contributed by atoms with Crippen LogP contribution in [0.5, 0.6) is 0 Å². The number of pyridine rings is 1. The zero-order chi connectivity index (χ0) is 12.6. The Balaban J connectivity index is 2.80. The highest BCUT2D eigenvalue weighted by Crippen LogP contribution is 2.29. The molecule has 0 radical (unpaired) electrons. The Kier molecular flexibility index (Phi) is 3.03. The SMILES string of the molecule is CCc1c(C)nc2ccc(C(=O)O)cc2c1Cl. The van der Waals surface area contributed by atoms with Gasteiger partial charge in [0, 0.05) is 11.1 Å². The first kappa shape index (κ1) is 11.9. The number of rotatable bonds is 2. The molecule has 0 saturated heterocycles. The molecule has 0 bridgehead atoms. The predicted molar refractivity (Wildman–Crippen MR) is 67.8 cm³/mol. The number of halogens is 1. The summed E-state index contributed by atoms with van der Waals surface area (Å²) in [6, 6.07) is 4.81. The van der Waals surface area contributed by atoms with Crippen molar-refractivity contribution in [2.24, 2.45) is 0 Å². The Morgan fingerprint density at radius 2 is 2.18 bits per heavy atom. The molecule has 0 aliphatic carbocycles. The zero-order valence-electron chi connectivity index (χ0n) is 9.62. The van der Waals surface area contributed by atoms with Gasteiger partial charge >= 0.3 is 5.97 Å². The van der Waals surface area contributed by atoms with Crippen molar-refractivity contribution in [2.75, 3.05) is 0 Å². The van der Waals surface area contributed by atoms with Gasteiger partial charge in [-0.2, -0.15) is 0 Å². The zero-order valence-corrected chi connectivity index (χ0v) is 10.4. The highest BCUT2D eigenvalue weighted by molar-refractivity contribution is 6.36. The number of carbonyl (C=O) groups is 1.